The van der Waals surface area contributed by atoms with E-state index in [1.807, 2.05) is 0 Å². The topological polar surface area (TPSA) is 17.8 Å². The first-order valence-electron chi connectivity index (χ1n) is 10.8. The van der Waals surface area contributed by atoms with Crippen LogP contribution in [0, 0.1) is 0 Å². The maximum absolute atomic E-state index is 5.08. The predicted molar refractivity (Wildman–Crippen MR) is 144 cm³/mol. The average molecular weight is 552 g/mol. The van der Waals surface area contributed by atoms with Gasteiger partial charge >= 0.3 is 206 Å². The van der Waals surface area contributed by atoms with E-state index >= 15 is 0 Å². The maximum atomic E-state index is 5.08. The predicted octanol–water partition coefficient (Wildman–Crippen LogP) is 7.97. The summed E-state index contributed by atoms with van der Waals surface area (Å²) in [5, 5.41) is 5.13. The first kappa shape index (κ1) is 19.3. The first-order chi connectivity index (χ1) is 16.3. The molecule has 33 heavy (non-hydrogen) atoms. The van der Waals surface area contributed by atoms with Crippen molar-refractivity contribution in [3.8, 4) is 15.8 Å². The van der Waals surface area contributed by atoms with Gasteiger partial charge in [0.25, 0.3) is 0 Å². The third kappa shape index (κ3) is 3.02. The van der Waals surface area contributed by atoms with Crippen molar-refractivity contribution < 1.29 is 0 Å². The third-order valence-electron chi connectivity index (χ3n) is 6.27. The Bertz CT molecular complexity index is 1830. The zero-order chi connectivity index (χ0) is 21.9. The van der Waals surface area contributed by atoms with Gasteiger partial charge in [0.1, 0.15) is 0 Å². The number of halogens is 1. The zero-order valence-corrected chi connectivity index (χ0v) is 20.8. The summed E-state index contributed by atoms with van der Waals surface area (Å²) in [5.74, 6) is 0. The summed E-state index contributed by atoms with van der Waals surface area (Å²) >= 11 is 3.81. The zero-order valence-electron chi connectivity index (χ0n) is 17.5. The van der Waals surface area contributed by atoms with Crippen LogP contribution in [0.25, 0.3) is 58.2 Å². The summed E-state index contributed by atoms with van der Waals surface area (Å²) in [4.78, 5) is 5.08. The van der Waals surface area contributed by atoms with Gasteiger partial charge in [0.15, 0.2) is 0 Å². The minimum atomic E-state index is 0.168. The molecule has 7 rings (SSSR count). The van der Waals surface area contributed by atoms with E-state index in [2.05, 4.69) is 124 Å². The van der Waals surface area contributed by atoms with Gasteiger partial charge in [-0.2, -0.15) is 0 Å². The molecule has 0 saturated heterocycles. The molecular weight excluding hydrogens is 535 g/mol. The summed E-state index contributed by atoms with van der Waals surface area (Å²) in [6.07, 6.45) is 0. The Morgan fingerprint density at radius 1 is 0.667 bits per heavy atom. The van der Waals surface area contributed by atoms with Gasteiger partial charge in [-0.3, -0.25) is 0 Å². The second kappa shape index (κ2) is 7.43. The number of aromatic nitrogens is 2. The van der Waals surface area contributed by atoms with Crippen molar-refractivity contribution in [2.24, 2.45) is 0 Å². The van der Waals surface area contributed by atoms with Crippen LogP contribution in [0.3, 0.4) is 0 Å². The van der Waals surface area contributed by atoms with E-state index in [-0.39, 0.29) is 14.5 Å². The van der Waals surface area contributed by atoms with Crippen molar-refractivity contribution in [1.82, 2.24) is 9.55 Å². The monoisotopic (exact) mass is 552 g/mol. The SMILES string of the molecule is Brc1ccc2ccc3nc(-c4ccc5c(c4)c4ccccc4n5-c4ccccc4)[se]c3c2c1. The number of benzene rings is 5. The molecule has 0 fully saturated rings. The van der Waals surface area contributed by atoms with Gasteiger partial charge in [0, 0.05) is 0 Å². The van der Waals surface area contributed by atoms with E-state index in [1.165, 1.54) is 52.7 Å². The second-order valence-electron chi connectivity index (χ2n) is 8.22. The van der Waals surface area contributed by atoms with Gasteiger partial charge in [-0.25, -0.2) is 0 Å². The summed E-state index contributed by atoms with van der Waals surface area (Å²) in [6.45, 7) is 0. The molecule has 0 unspecified atom stereocenters. The molecular formula is C29H17BrN2Se. The molecule has 0 amide bonds. The number of rotatable bonds is 2. The molecule has 2 heterocycles. The Labute approximate surface area is 205 Å². The molecule has 0 aliphatic rings. The van der Waals surface area contributed by atoms with E-state index in [1.54, 1.807) is 0 Å². The van der Waals surface area contributed by atoms with E-state index < -0.39 is 0 Å². The van der Waals surface area contributed by atoms with Gasteiger partial charge in [-0.15, -0.1) is 0 Å². The minimum absolute atomic E-state index is 0.168. The molecule has 0 aliphatic heterocycles. The van der Waals surface area contributed by atoms with Gasteiger partial charge in [-0.05, 0) is 0 Å². The molecule has 5 aromatic carbocycles. The van der Waals surface area contributed by atoms with Crippen molar-refractivity contribution in [1.29, 1.82) is 0 Å². The van der Waals surface area contributed by atoms with Crippen LogP contribution < -0.4 is 0 Å². The number of para-hydroxylation sites is 2. The van der Waals surface area contributed by atoms with Gasteiger partial charge in [-0.1, -0.05) is 0 Å². The van der Waals surface area contributed by atoms with Crippen LogP contribution in [-0.4, -0.2) is 24.1 Å². The number of fused-ring (bicyclic) bond motifs is 6. The molecule has 7 aromatic rings. The van der Waals surface area contributed by atoms with E-state index in [9.17, 15) is 0 Å². The van der Waals surface area contributed by atoms with Crippen LogP contribution in [0.5, 0.6) is 0 Å². The van der Waals surface area contributed by atoms with Crippen molar-refractivity contribution in [2.45, 2.75) is 0 Å². The number of hydrogen-bond donors (Lipinski definition) is 0. The standard InChI is InChI=1S/C29H17BrN2Se/c30-20-13-10-18-11-14-25-28(23(18)17-20)33-29(31-25)19-12-15-27-24(16-19)22-8-4-5-9-26(22)32(27)21-6-2-1-3-7-21/h1-17H. The summed E-state index contributed by atoms with van der Waals surface area (Å²) in [6, 6.07) is 37.0. The van der Waals surface area contributed by atoms with Crippen LogP contribution >= 0.6 is 15.9 Å². The third-order valence-corrected chi connectivity index (χ3v) is 9.18. The summed E-state index contributed by atoms with van der Waals surface area (Å²) in [7, 11) is 0. The molecule has 0 bridgehead atoms. The van der Waals surface area contributed by atoms with Crippen LogP contribution in [0.4, 0.5) is 0 Å². The first-order valence-corrected chi connectivity index (χ1v) is 13.3. The number of nitrogens with zero attached hydrogens (tertiary/aromatic N) is 2. The molecule has 0 saturated carbocycles. The summed E-state index contributed by atoms with van der Waals surface area (Å²) in [5.41, 5.74) is 5.97. The van der Waals surface area contributed by atoms with Gasteiger partial charge in [0.05, 0.1) is 0 Å². The van der Waals surface area contributed by atoms with Crippen LogP contribution in [0.15, 0.2) is 108 Å². The van der Waals surface area contributed by atoms with E-state index in [0.29, 0.717) is 0 Å². The fourth-order valence-electron chi connectivity index (χ4n) is 4.76. The molecule has 0 N–H and O–H groups in total. The molecule has 156 valence electrons. The molecule has 4 heteroatoms. The molecule has 0 atom stereocenters. The Kier molecular flexibility index (Phi) is 4.35. The quantitative estimate of drug-likeness (QED) is 0.199. The molecule has 0 aliphatic carbocycles. The molecule has 0 radical (unpaired) electrons. The van der Waals surface area contributed by atoms with Crippen LogP contribution in [0.2, 0.25) is 0 Å². The Morgan fingerprint density at radius 2 is 1.45 bits per heavy atom. The normalized spacial score (nSPS) is 11.8. The summed E-state index contributed by atoms with van der Waals surface area (Å²) < 4.78 is 6.05. The molecule has 2 nitrogen and oxygen atoms in total. The van der Waals surface area contributed by atoms with Crippen LogP contribution in [0.1, 0.15) is 0 Å². The molecule has 0 spiro atoms. The Hall–Kier alpha value is -3.17. The van der Waals surface area contributed by atoms with E-state index in [0.717, 1.165) is 9.99 Å². The van der Waals surface area contributed by atoms with Crippen molar-refractivity contribution >= 4 is 72.8 Å². The fourth-order valence-corrected chi connectivity index (χ4v) is 7.40. The van der Waals surface area contributed by atoms with Crippen molar-refractivity contribution in [2.75, 3.05) is 0 Å². The van der Waals surface area contributed by atoms with Gasteiger partial charge < -0.3 is 0 Å². The van der Waals surface area contributed by atoms with E-state index in [4.69, 9.17) is 4.98 Å². The van der Waals surface area contributed by atoms with Crippen LogP contribution in [-0.2, 0) is 0 Å². The Balaban J connectivity index is 1.48. The average Bonchev–Trinajstić information content (AvgIpc) is 3.44. The number of hydrogen-bond acceptors (Lipinski definition) is 1. The second-order valence-corrected chi connectivity index (χ2v) is 11.2. The van der Waals surface area contributed by atoms with Crippen molar-refractivity contribution in [3.05, 3.63) is 108 Å². The van der Waals surface area contributed by atoms with Crippen molar-refractivity contribution in [3.63, 3.8) is 0 Å². The fraction of sp³-hybridized carbons (Fsp3) is 0. The Morgan fingerprint density at radius 3 is 2.36 bits per heavy atom. The van der Waals surface area contributed by atoms with Gasteiger partial charge in [0.2, 0.25) is 0 Å². The molecule has 2 aromatic heterocycles.